The first-order valence-electron chi connectivity index (χ1n) is 10.4. The maximum atomic E-state index is 11.8. The normalized spacial score (nSPS) is 45.9. The van der Waals surface area contributed by atoms with Gasteiger partial charge in [-0.2, -0.15) is 0 Å². The largest absolute Gasteiger partial charge is 0.295 e. The van der Waals surface area contributed by atoms with Crippen LogP contribution in [0.5, 0.6) is 0 Å². The second kappa shape index (κ2) is 6.05. The lowest BCUT2D eigenvalue weighted by atomic mass is 9.51. The lowest BCUT2D eigenvalue weighted by Crippen LogP contribution is -2.46. The molecule has 0 spiro atoms. The first-order chi connectivity index (χ1) is 11.1. The van der Waals surface area contributed by atoms with Crippen LogP contribution in [0.4, 0.5) is 0 Å². The van der Waals surface area contributed by atoms with Crippen LogP contribution in [0.1, 0.15) is 84.5 Å². The third-order valence-electron chi connectivity index (χ3n) is 8.40. The van der Waals surface area contributed by atoms with Gasteiger partial charge in [0.2, 0.25) is 0 Å². The monoisotopic (exact) mass is 314 g/mol. The molecule has 1 heteroatoms. The van der Waals surface area contributed by atoms with Crippen molar-refractivity contribution in [1.29, 1.82) is 0 Å². The van der Waals surface area contributed by atoms with Gasteiger partial charge in [0.05, 0.1) is 0 Å². The Labute approximate surface area is 142 Å². The number of carbonyl (C=O) groups is 1. The lowest BCUT2D eigenvalue weighted by molar-refractivity contribution is -0.116. The van der Waals surface area contributed by atoms with E-state index in [9.17, 15) is 4.79 Å². The van der Waals surface area contributed by atoms with Crippen molar-refractivity contribution in [3.63, 3.8) is 0 Å². The van der Waals surface area contributed by atoms with E-state index in [-0.39, 0.29) is 0 Å². The molecule has 3 saturated carbocycles. The van der Waals surface area contributed by atoms with Gasteiger partial charge in [-0.25, -0.2) is 0 Å². The quantitative estimate of drug-likeness (QED) is 0.630. The molecule has 0 saturated heterocycles. The van der Waals surface area contributed by atoms with Crippen molar-refractivity contribution in [2.75, 3.05) is 0 Å². The third kappa shape index (κ3) is 2.53. The van der Waals surface area contributed by atoms with Crippen LogP contribution in [0.15, 0.2) is 11.6 Å². The third-order valence-corrected chi connectivity index (χ3v) is 8.40. The molecule has 0 amide bonds. The van der Waals surface area contributed by atoms with Gasteiger partial charge in [-0.15, -0.1) is 0 Å². The van der Waals surface area contributed by atoms with Gasteiger partial charge in [-0.05, 0) is 92.4 Å². The van der Waals surface area contributed by atoms with Crippen LogP contribution in [0.3, 0.4) is 0 Å². The highest BCUT2D eigenvalue weighted by Gasteiger charge is 2.55. The molecular weight excluding hydrogens is 280 g/mol. The van der Waals surface area contributed by atoms with E-state index in [0.29, 0.717) is 11.2 Å². The number of ketones is 1. The SMILES string of the molecule is CCCC[C@H]1CCC2C3CCC4=CC(=O)CC[C@@H]4C3CCC21C. The zero-order chi connectivity index (χ0) is 16.0. The summed E-state index contributed by atoms with van der Waals surface area (Å²) in [6.45, 7) is 4.99. The topological polar surface area (TPSA) is 17.1 Å². The molecule has 0 radical (unpaired) electrons. The maximum absolute atomic E-state index is 11.8. The molecule has 0 aromatic carbocycles. The van der Waals surface area contributed by atoms with Gasteiger partial charge in [0.1, 0.15) is 0 Å². The summed E-state index contributed by atoms with van der Waals surface area (Å²) in [5.74, 6) is 5.03. The van der Waals surface area contributed by atoms with Gasteiger partial charge in [-0.3, -0.25) is 4.79 Å². The van der Waals surface area contributed by atoms with E-state index >= 15 is 0 Å². The Morgan fingerprint density at radius 3 is 2.78 bits per heavy atom. The lowest BCUT2D eigenvalue weighted by Gasteiger charge is -2.54. The predicted octanol–water partition coefficient (Wildman–Crippen LogP) is 5.93. The Morgan fingerprint density at radius 1 is 1.09 bits per heavy atom. The number of rotatable bonds is 3. The zero-order valence-electron chi connectivity index (χ0n) is 15.2. The van der Waals surface area contributed by atoms with Crippen molar-refractivity contribution in [1.82, 2.24) is 0 Å². The van der Waals surface area contributed by atoms with Gasteiger partial charge >= 0.3 is 0 Å². The molecule has 0 aromatic rings. The van der Waals surface area contributed by atoms with Crippen LogP contribution in [-0.4, -0.2) is 5.78 Å². The molecule has 23 heavy (non-hydrogen) atoms. The van der Waals surface area contributed by atoms with Crippen molar-refractivity contribution in [3.8, 4) is 0 Å². The van der Waals surface area contributed by atoms with E-state index in [1.165, 1.54) is 63.4 Å². The van der Waals surface area contributed by atoms with Gasteiger partial charge in [0.15, 0.2) is 5.78 Å². The number of unbranched alkanes of at least 4 members (excludes halogenated alkanes) is 1. The van der Waals surface area contributed by atoms with E-state index in [4.69, 9.17) is 0 Å². The fraction of sp³-hybridized carbons (Fsp3) is 0.864. The minimum atomic E-state index is 0.399. The van der Waals surface area contributed by atoms with Crippen LogP contribution < -0.4 is 0 Å². The average Bonchev–Trinajstić information content (AvgIpc) is 2.89. The second-order valence-electron chi connectivity index (χ2n) is 9.26. The Hall–Kier alpha value is -0.590. The highest BCUT2D eigenvalue weighted by Crippen LogP contribution is 2.64. The van der Waals surface area contributed by atoms with Crippen molar-refractivity contribution in [2.24, 2.45) is 35.0 Å². The van der Waals surface area contributed by atoms with Gasteiger partial charge in [-0.1, -0.05) is 32.3 Å². The van der Waals surface area contributed by atoms with Crippen LogP contribution in [0, 0.1) is 35.0 Å². The molecular formula is C22H34O. The van der Waals surface area contributed by atoms with Crippen molar-refractivity contribution in [2.45, 2.75) is 84.5 Å². The highest BCUT2D eigenvalue weighted by molar-refractivity contribution is 5.91. The van der Waals surface area contributed by atoms with E-state index in [1.807, 2.05) is 6.08 Å². The molecule has 0 bridgehead atoms. The fourth-order valence-corrected chi connectivity index (χ4v) is 7.21. The van der Waals surface area contributed by atoms with E-state index in [1.54, 1.807) is 0 Å². The van der Waals surface area contributed by atoms with E-state index < -0.39 is 0 Å². The maximum Gasteiger partial charge on any atom is 0.155 e. The predicted molar refractivity (Wildman–Crippen MR) is 95.1 cm³/mol. The van der Waals surface area contributed by atoms with Crippen LogP contribution in [0.2, 0.25) is 0 Å². The number of allylic oxidation sites excluding steroid dienone is 1. The van der Waals surface area contributed by atoms with Gasteiger partial charge in [0.25, 0.3) is 0 Å². The summed E-state index contributed by atoms with van der Waals surface area (Å²) in [7, 11) is 0. The van der Waals surface area contributed by atoms with Crippen LogP contribution in [-0.2, 0) is 4.79 Å². The van der Waals surface area contributed by atoms with Crippen molar-refractivity contribution < 1.29 is 4.79 Å². The Morgan fingerprint density at radius 2 is 1.96 bits per heavy atom. The number of hydrogen-bond donors (Lipinski definition) is 0. The highest BCUT2D eigenvalue weighted by atomic mass is 16.1. The molecule has 0 aliphatic heterocycles. The fourth-order valence-electron chi connectivity index (χ4n) is 7.21. The minimum absolute atomic E-state index is 0.399. The van der Waals surface area contributed by atoms with Crippen LogP contribution in [0.25, 0.3) is 0 Å². The standard InChI is InChI=1S/C22H34O/c1-3-4-5-16-7-11-21-20-9-6-15-14-17(23)8-10-18(15)19(20)12-13-22(16,21)2/h14,16,18-21H,3-13H2,1-2H3/t16-,18-,19?,20?,21?,22?/m0/s1. The molecule has 128 valence electrons. The number of fused-ring (bicyclic) bond motifs is 5. The van der Waals surface area contributed by atoms with Crippen LogP contribution >= 0.6 is 0 Å². The second-order valence-corrected chi connectivity index (χ2v) is 9.26. The molecule has 6 atom stereocenters. The number of hydrogen-bond acceptors (Lipinski definition) is 1. The first kappa shape index (κ1) is 15.9. The number of carbonyl (C=O) groups excluding carboxylic acids is 1. The summed E-state index contributed by atoms with van der Waals surface area (Å²) < 4.78 is 0. The molecule has 0 heterocycles. The van der Waals surface area contributed by atoms with Gasteiger partial charge in [0, 0.05) is 6.42 Å². The van der Waals surface area contributed by atoms with Crippen molar-refractivity contribution in [3.05, 3.63) is 11.6 Å². The first-order valence-corrected chi connectivity index (χ1v) is 10.4. The summed E-state index contributed by atoms with van der Waals surface area (Å²) >= 11 is 0. The van der Waals surface area contributed by atoms with Crippen molar-refractivity contribution >= 4 is 5.78 Å². The Balaban J connectivity index is 1.54. The summed E-state index contributed by atoms with van der Waals surface area (Å²) in [5.41, 5.74) is 2.17. The smallest absolute Gasteiger partial charge is 0.155 e. The molecule has 1 nitrogen and oxygen atoms in total. The molecule has 0 aromatic heterocycles. The summed E-state index contributed by atoms with van der Waals surface area (Å²) in [5, 5.41) is 0. The molecule has 3 fully saturated rings. The summed E-state index contributed by atoms with van der Waals surface area (Å²) in [6.07, 6.45) is 16.8. The van der Waals surface area contributed by atoms with Gasteiger partial charge < -0.3 is 0 Å². The molecule has 4 unspecified atom stereocenters. The minimum Gasteiger partial charge on any atom is -0.295 e. The molecule has 4 rings (SSSR count). The summed E-state index contributed by atoms with van der Waals surface area (Å²) in [6, 6.07) is 0. The summed E-state index contributed by atoms with van der Waals surface area (Å²) in [4.78, 5) is 11.8. The molecule has 0 N–H and O–H groups in total. The van der Waals surface area contributed by atoms with E-state index in [2.05, 4.69) is 13.8 Å². The average molecular weight is 315 g/mol. The zero-order valence-corrected chi connectivity index (χ0v) is 15.2. The Bertz CT molecular complexity index is 504. The Kier molecular flexibility index (Phi) is 4.18. The molecule has 4 aliphatic rings. The van der Waals surface area contributed by atoms with E-state index in [0.717, 1.165) is 42.4 Å². The molecule has 4 aliphatic carbocycles.